The fraction of sp³-hybridized carbons (Fsp3) is 0.625. The molecule has 1 unspecified atom stereocenters. The molecule has 4 rings (SSSR count). The number of fused-ring (bicyclic) bond motifs is 1. The van der Waals surface area contributed by atoms with Gasteiger partial charge in [0.2, 0.25) is 0 Å². The first-order valence-electron chi connectivity index (χ1n) is 8.68. The van der Waals surface area contributed by atoms with Crippen LogP contribution in [0.3, 0.4) is 0 Å². The van der Waals surface area contributed by atoms with Crippen LogP contribution in [0.15, 0.2) is 12.7 Å². The first-order chi connectivity index (χ1) is 13.1. The van der Waals surface area contributed by atoms with Gasteiger partial charge in [0, 0.05) is 6.61 Å². The van der Waals surface area contributed by atoms with E-state index in [0.717, 1.165) is 6.42 Å². The maximum Gasteiger partial charge on any atom is 0.308 e. The molecule has 2 aromatic rings. The minimum Gasteiger partial charge on any atom is -0.469 e. The molecule has 4 heterocycles. The Morgan fingerprint density at radius 2 is 2.22 bits per heavy atom. The van der Waals surface area contributed by atoms with Crippen LogP contribution >= 0.6 is 0 Å². The van der Waals surface area contributed by atoms with Gasteiger partial charge in [-0.15, -0.1) is 0 Å². The lowest BCUT2D eigenvalue weighted by Gasteiger charge is -2.17. The van der Waals surface area contributed by atoms with E-state index in [9.17, 15) is 15.0 Å². The predicted octanol–water partition coefficient (Wildman–Crippen LogP) is -0.791. The summed E-state index contributed by atoms with van der Waals surface area (Å²) in [5, 5.41) is 23.9. The predicted molar refractivity (Wildman–Crippen MR) is 90.7 cm³/mol. The molecule has 2 aromatic heterocycles. The standard InChI is InChI=1S/C16H21N5O6/c1-25-10(22)4-9-12(23)13(24)16(27-9)21-7-19-11-14(17-6-18-15(11)21)20-8-2-3-26-5-8/h6-9,12-13,16,23-24H,2-5H2,1H3,(H,17,18,20)/t8-,9-,12-,13-,16?/m1/s1. The van der Waals surface area contributed by atoms with Crippen molar-refractivity contribution in [1.29, 1.82) is 0 Å². The lowest BCUT2D eigenvalue weighted by atomic mass is 10.1. The van der Waals surface area contributed by atoms with Crippen LogP contribution in [0.1, 0.15) is 19.1 Å². The number of carbonyl (C=O) groups excluding carboxylic acids is 1. The zero-order valence-corrected chi connectivity index (χ0v) is 14.7. The van der Waals surface area contributed by atoms with E-state index in [1.807, 2.05) is 0 Å². The highest BCUT2D eigenvalue weighted by molar-refractivity contribution is 5.82. The summed E-state index contributed by atoms with van der Waals surface area (Å²) in [7, 11) is 1.25. The third kappa shape index (κ3) is 3.34. The van der Waals surface area contributed by atoms with Gasteiger partial charge in [-0.05, 0) is 6.42 Å². The first kappa shape index (κ1) is 18.0. The number of ether oxygens (including phenoxy) is 3. The van der Waals surface area contributed by atoms with Crippen molar-refractivity contribution in [3.05, 3.63) is 12.7 Å². The zero-order chi connectivity index (χ0) is 19.0. The second-order valence-electron chi connectivity index (χ2n) is 6.58. The third-order valence-corrected chi connectivity index (χ3v) is 4.84. The Hall–Kier alpha value is -2.34. The Bertz CT molecular complexity index is 823. The van der Waals surface area contributed by atoms with Gasteiger partial charge in [0.1, 0.15) is 18.5 Å². The normalized spacial score (nSPS) is 30.7. The molecule has 11 heteroatoms. The monoisotopic (exact) mass is 379 g/mol. The van der Waals surface area contributed by atoms with Gasteiger partial charge in [0.25, 0.3) is 0 Å². The van der Waals surface area contributed by atoms with Gasteiger partial charge in [-0.2, -0.15) is 0 Å². The second-order valence-corrected chi connectivity index (χ2v) is 6.58. The molecular weight excluding hydrogens is 358 g/mol. The van der Waals surface area contributed by atoms with Crippen LogP contribution in [-0.4, -0.2) is 80.4 Å². The Balaban J connectivity index is 1.59. The number of carbonyl (C=O) groups is 1. The Kier molecular flexibility index (Phi) is 4.91. The molecule has 2 saturated heterocycles. The molecule has 2 aliphatic heterocycles. The fourth-order valence-electron chi connectivity index (χ4n) is 3.36. The summed E-state index contributed by atoms with van der Waals surface area (Å²) >= 11 is 0. The number of imidazole rings is 1. The number of methoxy groups -OCH3 is 1. The summed E-state index contributed by atoms with van der Waals surface area (Å²) in [6.07, 6.45) is -0.728. The number of aromatic nitrogens is 4. The highest BCUT2D eigenvalue weighted by Gasteiger charge is 2.45. The molecular formula is C16H21N5O6. The van der Waals surface area contributed by atoms with Crippen LogP contribution in [0.2, 0.25) is 0 Å². The molecule has 5 atom stereocenters. The number of hydrogen-bond donors (Lipinski definition) is 3. The van der Waals surface area contributed by atoms with Gasteiger partial charge < -0.3 is 29.7 Å². The van der Waals surface area contributed by atoms with Gasteiger partial charge in [-0.3, -0.25) is 9.36 Å². The summed E-state index contributed by atoms with van der Waals surface area (Å²) in [6, 6.07) is 0.146. The van der Waals surface area contributed by atoms with Crippen molar-refractivity contribution >= 4 is 23.0 Å². The molecule has 0 amide bonds. The largest absolute Gasteiger partial charge is 0.469 e. The van der Waals surface area contributed by atoms with Crippen molar-refractivity contribution in [3.63, 3.8) is 0 Å². The number of nitrogens with one attached hydrogen (secondary N) is 1. The quantitative estimate of drug-likeness (QED) is 0.566. The number of aliphatic hydroxyl groups excluding tert-OH is 2. The minimum atomic E-state index is -1.24. The van der Waals surface area contributed by atoms with Crippen LogP contribution in [0.4, 0.5) is 5.82 Å². The van der Waals surface area contributed by atoms with Crippen LogP contribution < -0.4 is 5.32 Å². The van der Waals surface area contributed by atoms with Crippen LogP contribution in [0, 0.1) is 0 Å². The second kappa shape index (κ2) is 7.35. The summed E-state index contributed by atoms with van der Waals surface area (Å²) < 4.78 is 17.2. The Morgan fingerprint density at radius 3 is 2.96 bits per heavy atom. The Labute approximate surface area is 154 Å². The number of esters is 1. The van der Waals surface area contributed by atoms with Crippen LogP contribution in [0.5, 0.6) is 0 Å². The van der Waals surface area contributed by atoms with Crippen molar-refractivity contribution < 1.29 is 29.2 Å². The topological polar surface area (TPSA) is 141 Å². The van der Waals surface area contributed by atoms with Crippen molar-refractivity contribution in [1.82, 2.24) is 19.5 Å². The molecule has 146 valence electrons. The number of nitrogens with zero attached hydrogens (tertiary/aromatic N) is 4. The third-order valence-electron chi connectivity index (χ3n) is 4.84. The van der Waals surface area contributed by atoms with E-state index < -0.39 is 30.5 Å². The van der Waals surface area contributed by atoms with Crippen molar-refractivity contribution in [2.75, 3.05) is 25.6 Å². The molecule has 11 nitrogen and oxygen atoms in total. The van der Waals surface area contributed by atoms with Gasteiger partial charge in [-0.1, -0.05) is 0 Å². The zero-order valence-electron chi connectivity index (χ0n) is 14.7. The van der Waals surface area contributed by atoms with E-state index in [2.05, 4.69) is 25.0 Å². The molecule has 3 N–H and O–H groups in total. The van der Waals surface area contributed by atoms with Crippen LogP contribution in [0.25, 0.3) is 11.2 Å². The highest BCUT2D eigenvalue weighted by Crippen LogP contribution is 2.33. The summed E-state index contributed by atoms with van der Waals surface area (Å²) in [5.74, 6) is 0.0309. The SMILES string of the molecule is COC(=O)C[C@H]1OC(n2cnc3c(N[C@@H]4CCOC4)ncnc32)[C@H](O)[C@@H]1O. The average molecular weight is 379 g/mol. The minimum absolute atomic E-state index is 0.146. The number of rotatable bonds is 5. The number of hydrogen-bond acceptors (Lipinski definition) is 10. The summed E-state index contributed by atoms with van der Waals surface area (Å²) in [4.78, 5) is 24.3. The fourth-order valence-corrected chi connectivity index (χ4v) is 3.36. The van der Waals surface area contributed by atoms with E-state index in [-0.39, 0.29) is 12.5 Å². The maximum atomic E-state index is 11.5. The van der Waals surface area contributed by atoms with Gasteiger partial charge in [0.05, 0.1) is 38.6 Å². The first-order valence-corrected chi connectivity index (χ1v) is 8.68. The molecule has 2 fully saturated rings. The van der Waals surface area contributed by atoms with Crippen molar-refractivity contribution in [3.8, 4) is 0 Å². The lowest BCUT2D eigenvalue weighted by Crippen LogP contribution is -2.32. The van der Waals surface area contributed by atoms with E-state index in [4.69, 9.17) is 9.47 Å². The van der Waals surface area contributed by atoms with E-state index in [1.54, 1.807) is 0 Å². The molecule has 0 saturated carbocycles. The number of aliphatic hydroxyl groups is 2. The molecule has 0 aliphatic carbocycles. The molecule has 0 spiro atoms. The van der Waals surface area contributed by atoms with Crippen molar-refractivity contribution in [2.45, 2.75) is 43.4 Å². The molecule has 0 bridgehead atoms. The maximum absolute atomic E-state index is 11.5. The van der Waals surface area contributed by atoms with E-state index in [0.29, 0.717) is 30.2 Å². The molecule has 0 radical (unpaired) electrons. The van der Waals surface area contributed by atoms with Gasteiger partial charge in [-0.25, -0.2) is 15.0 Å². The lowest BCUT2D eigenvalue weighted by molar-refractivity contribution is -0.145. The van der Waals surface area contributed by atoms with Crippen LogP contribution in [-0.2, 0) is 19.0 Å². The molecule has 2 aliphatic rings. The smallest absolute Gasteiger partial charge is 0.308 e. The summed E-state index contributed by atoms with van der Waals surface area (Å²) in [6.45, 7) is 1.29. The number of anilines is 1. The highest BCUT2D eigenvalue weighted by atomic mass is 16.6. The van der Waals surface area contributed by atoms with E-state index >= 15 is 0 Å². The molecule has 0 aromatic carbocycles. The Morgan fingerprint density at radius 1 is 1.37 bits per heavy atom. The average Bonchev–Trinajstić information content (AvgIpc) is 3.38. The summed E-state index contributed by atoms with van der Waals surface area (Å²) in [5.41, 5.74) is 0.965. The van der Waals surface area contributed by atoms with Gasteiger partial charge in [0.15, 0.2) is 23.2 Å². The van der Waals surface area contributed by atoms with E-state index in [1.165, 1.54) is 24.3 Å². The molecule has 27 heavy (non-hydrogen) atoms. The van der Waals surface area contributed by atoms with Crippen molar-refractivity contribution in [2.24, 2.45) is 0 Å². The van der Waals surface area contributed by atoms with Gasteiger partial charge >= 0.3 is 5.97 Å².